The first-order valence-electron chi connectivity index (χ1n) is 5.94. The second-order valence-electron chi connectivity index (χ2n) is 4.46. The molecule has 0 aliphatic heterocycles. The SMILES string of the molecule is COc1c(C)ccc(NC(C)C(C)OC)c1C. The van der Waals surface area contributed by atoms with Crippen LogP contribution in [0.15, 0.2) is 12.1 Å². The summed E-state index contributed by atoms with van der Waals surface area (Å²) in [6.07, 6.45) is 0.168. The summed E-state index contributed by atoms with van der Waals surface area (Å²) >= 11 is 0. The van der Waals surface area contributed by atoms with E-state index in [1.54, 1.807) is 14.2 Å². The average Bonchev–Trinajstić information content (AvgIpc) is 2.32. The van der Waals surface area contributed by atoms with E-state index in [1.807, 2.05) is 0 Å². The van der Waals surface area contributed by atoms with Gasteiger partial charge in [-0.1, -0.05) is 6.07 Å². The number of methoxy groups -OCH3 is 2. The number of nitrogens with one attached hydrogen (secondary N) is 1. The highest BCUT2D eigenvalue weighted by Crippen LogP contribution is 2.29. The van der Waals surface area contributed by atoms with Crippen LogP contribution in [0.2, 0.25) is 0 Å². The molecule has 17 heavy (non-hydrogen) atoms. The number of hydrogen-bond donors (Lipinski definition) is 1. The molecule has 96 valence electrons. The lowest BCUT2D eigenvalue weighted by molar-refractivity contribution is 0.106. The molecule has 0 radical (unpaired) electrons. The first kappa shape index (κ1) is 13.8. The highest BCUT2D eigenvalue weighted by atomic mass is 16.5. The van der Waals surface area contributed by atoms with Crippen molar-refractivity contribution in [3.05, 3.63) is 23.3 Å². The molecule has 0 saturated heterocycles. The van der Waals surface area contributed by atoms with Crippen molar-refractivity contribution in [1.29, 1.82) is 0 Å². The highest BCUT2D eigenvalue weighted by molar-refractivity contribution is 5.60. The molecule has 0 aliphatic rings. The number of anilines is 1. The number of aryl methyl sites for hydroxylation is 1. The van der Waals surface area contributed by atoms with E-state index in [4.69, 9.17) is 9.47 Å². The lowest BCUT2D eigenvalue weighted by Gasteiger charge is -2.23. The molecule has 0 bridgehead atoms. The number of ether oxygens (including phenoxy) is 2. The maximum Gasteiger partial charge on any atom is 0.126 e. The van der Waals surface area contributed by atoms with Crippen molar-refractivity contribution in [2.45, 2.75) is 39.8 Å². The Kier molecular flexibility index (Phi) is 4.82. The van der Waals surface area contributed by atoms with Crippen LogP contribution >= 0.6 is 0 Å². The molecule has 0 aliphatic carbocycles. The third-order valence-electron chi connectivity index (χ3n) is 3.27. The molecule has 0 saturated carbocycles. The van der Waals surface area contributed by atoms with Crippen LogP contribution in [-0.2, 0) is 4.74 Å². The Morgan fingerprint density at radius 3 is 2.29 bits per heavy atom. The van der Waals surface area contributed by atoms with Gasteiger partial charge in [0.2, 0.25) is 0 Å². The minimum absolute atomic E-state index is 0.168. The van der Waals surface area contributed by atoms with Crippen LogP contribution in [0.1, 0.15) is 25.0 Å². The van der Waals surface area contributed by atoms with Crippen LogP contribution in [0.5, 0.6) is 5.75 Å². The highest BCUT2D eigenvalue weighted by Gasteiger charge is 2.14. The Labute approximate surface area is 104 Å². The first-order chi connectivity index (χ1) is 8.01. The summed E-state index contributed by atoms with van der Waals surface area (Å²) in [5, 5.41) is 3.46. The first-order valence-corrected chi connectivity index (χ1v) is 5.94. The molecule has 1 aromatic carbocycles. The number of benzene rings is 1. The third kappa shape index (κ3) is 3.13. The van der Waals surface area contributed by atoms with Crippen molar-refractivity contribution in [3.8, 4) is 5.75 Å². The van der Waals surface area contributed by atoms with Crippen LogP contribution in [0.4, 0.5) is 5.69 Å². The second kappa shape index (κ2) is 5.92. The molecule has 1 aromatic rings. The lowest BCUT2D eigenvalue weighted by Crippen LogP contribution is -2.30. The number of hydrogen-bond acceptors (Lipinski definition) is 3. The smallest absolute Gasteiger partial charge is 0.126 e. The van der Waals surface area contributed by atoms with E-state index in [-0.39, 0.29) is 12.1 Å². The average molecular weight is 237 g/mol. The van der Waals surface area contributed by atoms with Crippen molar-refractivity contribution < 1.29 is 9.47 Å². The standard InChI is InChI=1S/C14H23NO2/c1-9-7-8-13(10(2)14(9)17-6)15-11(3)12(4)16-5/h7-8,11-12,15H,1-6H3. The van der Waals surface area contributed by atoms with E-state index in [0.717, 1.165) is 22.6 Å². The summed E-state index contributed by atoms with van der Waals surface area (Å²) in [5.41, 5.74) is 3.40. The van der Waals surface area contributed by atoms with Gasteiger partial charge in [-0.15, -0.1) is 0 Å². The van der Waals surface area contributed by atoms with Gasteiger partial charge in [0.05, 0.1) is 13.2 Å². The van der Waals surface area contributed by atoms with Gasteiger partial charge in [0.15, 0.2) is 0 Å². The Hall–Kier alpha value is -1.22. The summed E-state index contributed by atoms with van der Waals surface area (Å²) in [6, 6.07) is 4.41. The normalized spacial score (nSPS) is 14.2. The Morgan fingerprint density at radius 2 is 1.76 bits per heavy atom. The summed E-state index contributed by atoms with van der Waals surface area (Å²) in [5.74, 6) is 0.951. The van der Waals surface area contributed by atoms with Gasteiger partial charge in [0.25, 0.3) is 0 Å². The molecular weight excluding hydrogens is 214 g/mol. The van der Waals surface area contributed by atoms with Crippen LogP contribution in [0, 0.1) is 13.8 Å². The van der Waals surface area contributed by atoms with Gasteiger partial charge in [-0.25, -0.2) is 0 Å². The maximum atomic E-state index is 5.41. The van der Waals surface area contributed by atoms with Crippen molar-refractivity contribution in [1.82, 2.24) is 0 Å². The molecule has 0 aromatic heterocycles. The minimum Gasteiger partial charge on any atom is -0.496 e. The van der Waals surface area contributed by atoms with Gasteiger partial charge in [0.1, 0.15) is 5.75 Å². The summed E-state index contributed by atoms with van der Waals surface area (Å²) in [7, 11) is 3.44. The van der Waals surface area contributed by atoms with Crippen molar-refractivity contribution in [2.24, 2.45) is 0 Å². The van der Waals surface area contributed by atoms with Crippen molar-refractivity contribution >= 4 is 5.69 Å². The Balaban J connectivity index is 2.92. The Morgan fingerprint density at radius 1 is 1.12 bits per heavy atom. The molecule has 1 N–H and O–H groups in total. The molecule has 3 heteroatoms. The van der Waals surface area contributed by atoms with Gasteiger partial charge < -0.3 is 14.8 Å². The maximum absolute atomic E-state index is 5.41. The molecule has 0 heterocycles. The van der Waals surface area contributed by atoms with E-state index in [2.05, 4.69) is 45.1 Å². The zero-order valence-corrected chi connectivity index (χ0v) is 11.6. The van der Waals surface area contributed by atoms with E-state index in [9.17, 15) is 0 Å². The lowest BCUT2D eigenvalue weighted by atomic mass is 10.1. The monoisotopic (exact) mass is 237 g/mol. The minimum atomic E-state index is 0.168. The predicted octanol–water partition coefficient (Wildman–Crippen LogP) is 3.15. The quantitative estimate of drug-likeness (QED) is 0.853. The predicted molar refractivity (Wildman–Crippen MR) is 72.0 cm³/mol. The molecular formula is C14H23NO2. The van der Waals surface area contributed by atoms with Gasteiger partial charge >= 0.3 is 0 Å². The van der Waals surface area contributed by atoms with Crippen LogP contribution in [0.3, 0.4) is 0 Å². The van der Waals surface area contributed by atoms with E-state index in [0.29, 0.717) is 0 Å². The van der Waals surface area contributed by atoms with Crippen molar-refractivity contribution in [2.75, 3.05) is 19.5 Å². The molecule has 0 fully saturated rings. The number of rotatable bonds is 5. The molecule has 2 atom stereocenters. The van der Waals surface area contributed by atoms with Gasteiger partial charge in [-0.3, -0.25) is 0 Å². The second-order valence-corrected chi connectivity index (χ2v) is 4.46. The fraction of sp³-hybridized carbons (Fsp3) is 0.571. The summed E-state index contributed by atoms with van der Waals surface area (Å²) < 4.78 is 10.7. The molecule has 1 rings (SSSR count). The zero-order chi connectivity index (χ0) is 13.0. The summed E-state index contributed by atoms with van der Waals surface area (Å²) in [4.78, 5) is 0. The van der Waals surface area contributed by atoms with E-state index < -0.39 is 0 Å². The van der Waals surface area contributed by atoms with Crippen molar-refractivity contribution in [3.63, 3.8) is 0 Å². The Bertz CT molecular complexity index is 377. The topological polar surface area (TPSA) is 30.5 Å². The molecule has 2 unspecified atom stereocenters. The van der Waals surface area contributed by atoms with Crippen LogP contribution in [0.25, 0.3) is 0 Å². The van der Waals surface area contributed by atoms with Gasteiger partial charge in [-0.05, 0) is 39.3 Å². The van der Waals surface area contributed by atoms with E-state index in [1.165, 1.54) is 0 Å². The fourth-order valence-electron chi connectivity index (χ4n) is 1.86. The van der Waals surface area contributed by atoms with Gasteiger partial charge in [0, 0.05) is 24.4 Å². The van der Waals surface area contributed by atoms with Gasteiger partial charge in [-0.2, -0.15) is 0 Å². The molecule has 0 spiro atoms. The third-order valence-corrected chi connectivity index (χ3v) is 3.27. The fourth-order valence-corrected chi connectivity index (χ4v) is 1.86. The van der Waals surface area contributed by atoms with E-state index >= 15 is 0 Å². The van der Waals surface area contributed by atoms with Crippen LogP contribution < -0.4 is 10.1 Å². The summed E-state index contributed by atoms with van der Waals surface area (Å²) in [6.45, 7) is 8.29. The van der Waals surface area contributed by atoms with Crippen LogP contribution in [-0.4, -0.2) is 26.4 Å². The molecule has 0 amide bonds. The zero-order valence-electron chi connectivity index (χ0n) is 11.6. The molecule has 3 nitrogen and oxygen atoms in total. The largest absolute Gasteiger partial charge is 0.496 e.